The van der Waals surface area contributed by atoms with E-state index in [1.165, 1.54) is 11.1 Å². The molecule has 2 radical (unpaired) electrons. The van der Waals surface area contributed by atoms with Crippen molar-refractivity contribution in [1.82, 2.24) is 0 Å². The molecule has 1 rings (SSSR count). The highest BCUT2D eigenvalue weighted by molar-refractivity contribution is 6.62. The maximum Gasteiger partial charge on any atom is 0.0693 e. The maximum atomic E-state index is 2.33. The lowest BCUT2D eigenvalue weighted by atomic mass is 10.1. The lowest BCUT2D eigenvalue weighted by molar-refractivity contribution is 1.62. The molecule has 0 fully saturated rings. The van der Waals surface area contributed by atoms with E-state index in [0.29, 0.717) is 0 Å². The lowest BCUT2D eigenvalue weighted by Crippen LogP contribution is -1.92. The topological polar surface area (TPSA) is 0 Å². The fourth-order valence-electron chi connectivity index (χ4n) is 1.24. The zero-order valence-corrected chi connectivity index (χ0v) is 12.6. The van der Waals surface area contributed by atoms with E-state index < -0.39 is 0 Å². The van der Waals surface area contributed by atoms with Gasteiger partial charge in [0.05, 0.1) is 17.6 Å². The van der Waals surface area contributed by atoms with Gasteiger partial charge in [0.15, 0.2) is 0 Å². The van der Waals surface area contributed by atoms with Crippen molar-refractivity contribution in [2.75, 3.05) is 0 Å². The molecule has 16 heavy (non-hydrogen) atoms. The van der Waals surface area contributed by atoms with Crippen LogP contribution >= 0.6 is 0 Å². The summed E-state index contributed by atoms with van der Waals surface area (Å²) in [5.74, 6) is 0. The van der Waals surface area contributed by atoms with Gasteiger partial charge in [0.25, 0.3) is 0 Å². The van der Waals surface area contributed by atoms with Crippen LogP contribution in [-0.4, -0.2) is 17.6 Å². The van der Waals surface area contributed by atoms with Gasteiger partial charge in [0.2, 0.25) is 0 Å². The number of rotatable bonds is 4. The van der Waals surface area contributed by atoms with E-state index in [4.69, 9.17) is 0 Å². The number of hydrogen-bond acceptors (Lipinski definition) is 0. The van der Waals surface area contributed by atoms with Gasteiger partial charge in [0.1, 0.15) is 0 Å². The summed E-state index contributed by atoms with van der Waals surface area (Å²) in [5.41, 5.74) is 7.27. The van der Waals surface area contributed by atoms with Gasteiger partial charge >= 0.3 is 0 Å². The quantitative estimate of drug-likeness (QED) is 0.693. The first-order valence-electron chi connectivity index (χ1n) is 5.64. The van der Waals surface area contributed by atoms with Crippen LogP contribution in [0, 0.1) is 0 Å². The summed E-state index contributed by atoms with van der Waals surface area (Å²) in [6.45, 7) is 9.18. The van der Waals surface area contributed by atoms with Crippen LogP contribution in [0.2, 0.25) is 26.2 Å². The second-order valence-corrected chi connectivity index (χ2v) is 9.46. The maximum absolute atomic E-state index is 2.33. The molecule has 0 aliphatic heterocycles. The first kappa shape index (κ1) is 13.2. The molecule has 0 amide bonds. The third kappa shape index (κ3) is 5.28. The van der Waals surface area contributed by atoms with E-state index in [1.54, 1.807) is 0 Å². The molecule has 0 atom stereocenters. The average molecular weight is 244 g/mol. The van der Waals surface area contributed by atoms with Crippen molar-refractivity contribution >= 4 is 29.7 Å². The van der Waals surface area contributed by atoms with Crippen LogP contribution in [0.1, 0.15) is 11.1 Å². The Hall–Kier alpha value is -0.866. The standard InChI is InChI=1S/C14H20Si2/c1-15(2)11-9-13-5-7-14(8-6-13)10-12-16(3)4/h5-12H,1-4H3. The summed E-state index contributed by atoms with van der Waals surface area (Å²) in [4.78, 5) is 0. The summed E-state index contributed by atoms with van der Waals surface area (Å²) < 4.78 is 0. The van der Waals surface area contributed by atoms with Crippen molar-refractivity contribution in [1.29, 1.82) is 0 Å². The Balaban J connectivity index is 2.68. The summed E-state index contributed by atoms with van der Waals surface area (Å²) in [6, 6.07) is 8.77. The Bertz CT molecular complexity index is 322. The van der Waals surface area contributed by atoms with Gasteiger partial charge in [-0.15, -0.1) is 0 Å². The van der Waals surface area contributed by atoms with Gasteiger partial charge in [-0.1, -0.05) is 74.0 Å². The van der Waals surface area contributed by atoms with Gasteiger partial charge in [0, 0.05) is 0 Å². The molecule has 0 saturated carbocycles. The molecule has 2 heteroatoms. The average Bonchev–Trinajstić information content (AvgIpc) is 2.25. The Morgan fingerprint density at radius 1 is 0.688 bits per heavy atom. The van der Waals surface area contributed by atoms with E-state index in [0.717, 1.165) is 0 Å². The molecule has 1 aromatic rings. The molecule has 0 nitrogen and oxygen atoms in total. The van der Waals surface area contributed by atoms with Gasteiger partial charge in [-0.05, 0) is 11.1 Å². The van der Waals surface area contributed by atoms with Gasteiger partial charge < -0.3 is 0 Å². The summed E-state index contributed by atoms with van der Waals surface area (Å²) in [7, 11) is -0.508. The second kappa shape index (κ2) is 6.66. The van der Waals surface area contributed by atoms with Crippen molar-refractivity contribution < 1.29 is 0 Å². The normalized spacial score (nSPS) is 12.4. The van der Waals surface area contributed by atoms with Crippen LogP contribution in [0.25, 0.3) is 12.2 Å². The minimum atomic E-state index is -0.254. The fraction of sp³-hybridized carbons (Fsp3) is 0.286. The molecule has 84 valence electrons. The van der Waals surface area contributed by atoms with Crippen LogP contribution in [0.5, 0.6) is 0 Å². The molecular formula is C14H20Si2. The minimum Gasteiger partial charge on any atom is -0.0961 e. The first-order valence-corrected chi connectivity index (χ1v) is 10.8. The molecule has 0 saturated heterocycles. The predicted molar refractivity (Wildman–Crippen MR) is 79.5 cm³/mol. The first-order chi connectivity index (χ1) is 7.58. The van der Waals surface area contributed by atoms with E-state index in [1.807, 2.05) is 0 Å². The molecule has 0 spiro atoms. The van der Waals surface area contributed by atoms with E-state index in [-0.39, 0.29) is 17.6 Å². The Morgan fingerprint density at radius 3 is 1.25 bits per heavy atom. The lowest BCUT2D eigenvalue weighted by Gasteiger charge is -1.98. The fourth-order valence-corrected chi connectivity index (χ4v) is 2.30. The van der Waals surface area contributed by atoms with E-state index in [9.17, 15) is 0 Å². The van der Waals surface area contributed by atoms with Gasteiger partial charge in [-0.3, -0.25) is 0 Å². The Labute approximate surface area is 103 Å². The molecule has 0 aliphatic carbocycles. The largest absolute Gasteiger partial charge is 0.0961 e. The highest BCUT2D eigenvalue weighted by Gasteiger charge is 1.91. The third-order valence-electron chi connectivity index (χ3n) is 2.15. The second-order valence-electron chi connectivity index (χ2n) is 4.49. The molecule has 0 N–H and O–H groups in total. The molecule has 0 heterocycles. The minimum absolute atomic E-state index is 0.254. The zero-order chi connectivity index (χ0) is 12.0. The monoisotopic (exact) mass is 244 g/mol. The van der Waals surface area contributed by atoms with Crippen LogP contribution in [-0.2, 0) is 0 Å². The van der Waals surface area contributed by atoms with Crippen LogP contribution in [0.4, 0.5) is 0 Å². The van der Waals surface area contributed by atoms with E-state index in [2.05, 4.69) is 74.0 Å². The highest BCUT2D eigenvalue weighted by atomic mass is 28.3. The SMILES string of the molecule is C[Si](C)C=Cc1ccc(C=C[Si](C)C)cc1. The van der Waals surface area contributed by atoms with Crippen molar-refractivity contribution in [3.05, 3.63) is 46.8 Å². The zero-order valence-electron chi connectivity index (χ0n) is 10.6. The van der Waals surface area contributed by atoms with Crippen LogP contribution < -0.4 is 0 Å². The summed E-state index contributed by atoms with van der Waals surface area (Å²) in [6.07, 6.45) is 4.47. The molecule has 0 bridgehead atoms. The Kier molecular flexibility index (Phi) is 5.49. The highest BCUT2D eigenvalue weighted by Crippen LogP contribution is 2.08. The summed E-state index contributed by atoms with van der Waals surface area (Å²) >= 11 is 0. The van der Waals surface area contributed by atoms with Crippen molar-refractivity contribution in [2.24, 2.45) is 0 Å². The summed E-state index contributed by atoms with van der Waals surface area (Å²) in [5, 5.41) is 0. The molecule has 0 unspecified atom stereocenters. The van der Waals surface area contributed by atoms with E-state index >= 15 is 0 Å². The van der Waals surface area contributed by atoms with Crippen molar-refractivity contribution in [2.45, 2.75) is 26.2 Å². The van der Waals surface area contributed by atoms with Crippen molar-refractivity contribution in [3.63, 3.8) is 0 Å². The van der Waals surface area contributed by atoms with Crippen LogP contribution in [0.15, 0.2) is 35.7 Å². The Morgan fingerprint density at radius 2 is 1.00 bits per heavy atom. The number of hydrogen-bond donors (Lipinski definition) is 0. The van der Waals surface area contributed by atoms with Crippen molar-refractivity contribution in [3.8, 4) is 0 Å². The van der Waals surface area contributed by atoms with Gasteiger partial charge in [-0.25, -0.2) is 0 Å². The molecule has 0 aliphatic rings. The molecular weight excluding hydrogens is 224 g/mol. The predicted octanol–water partition coefficient (Wildman–Crippen LogP) is 4.30. The number of benzene rings is 1. The molecule has 1 aromatic carbocycles. The van der Waals surface area contributed by atoms with Crippen LogP contribution in [0.3, 0.4) is 0 Å². The van der Waals surface area contributed by atoms with Gasteiger partial charge in [-0.2, -0.15) is 0 Å². The smallest absolute Gasteiger partial charge is 0.0693 e. The molecule has 0 aromatic heterocycles. The third-order valence-corrected chi connectivity index (χ3v) is 3.82.